The van der Waals surface area contributed by atoms with Gasteiger partial charge in [0.1, 0.15) is 12.1 Å². The Morgan fingerprint density at radius 2 is 1.73 bits per heavy atom. The third kappa shape index (κ3) is 14.6. The zero-order chi connectivity index (χ0) is 23.5. The fourth-order valence-corrected chi connectivity index (χ4v) is 3.68. The van der Waals surface area contributed by atoms with Crippen molar-refractivity contribution in [1.82, 2.24) is 15.5 Å². The number of carbonyl (C=O) groups is 3. The van der Waals surface area contributed by atoms with E-state index < -0.39 is 18.1 Å². The zero-order valence-corrected chi connectivity index (χ0v) is 20.5. The Kier molecular flexibility index (Phi) is 12.6. The topological polar surface area (TPSA) is 125 Å². The van der Waals surface area contributed by atoms with Crippen LogP contribution < -0.4 is 16.4 Å². The largest absolute Gasteiger partial charge is 0.480 e. The van der Waals surface area contributed by atoms with Gasteiger partial charge >= 0.3 is 5.97 Å². The van der Waals surface area contributed by atoms with E-state index in [1.165, 1.54) is 0 Å². The van der Waals surface area contributed by atoms with E-state index in [-0.39, 0.29) is 34.8 Å². The van der Waals surface area contributed by atoms with Crippen molar-refractivity contribution in [3.05, 3.63) is 0 Å². The van der Waals surface area contributed by atoms with Gasteiger partial charge in [0.25, 0.3) is 0 Å². The van der Waals surface area contributed by atoms with Crippen LogP contribution in [0.2, 0.25) is 0 Å². The number of nitrogens with two attached hydrogens (primary N) is 1. The fourth-order valence-electron chi connectivity index (χ4n) is 2.54. The monoisotopic (exact) mass is 446 g/mol. The van der Waals surface area contributed by atoms with Gasteiger partial charge in [0.2, 0.25) is 11.8 Å². The summed E-state index contributed by atoms with van der Waals surface area (Å²) in [7, 11) is 4.09. The van der Waals surface area contributed by atoms with Gasteiger partial charge in [-0.15, -0.1) is 0 Å². The van der Waals surface area contributed by atoms with Gasteiger partial charge in [-0.25, -0.2) is 0 Å². The van der Waals surface area contributed by atoms with Crippen LogP contribution in [0, 0.1) is 5.41 Å². The van der Waals surface area contributed by atoms with E-state index in [0.717, 1.165) is 19.4 Å². The predicted molar refractivity (Wildman–Crippen MR) is 124 cm³/mol. The van der Waals surface area contributed by atoms with Crippen LogP contribution in [0.3, 0.4) is 0 Å². The molecule has 0 aliphatic carbocycles. The quantitative estimate of drug-likeness (QED) is 0.320. The number of carboxylic acids is 1. The summed E-state index contributed by atoms with van der Waals surface area (Å²) in [5, 5.41) is 14.5. The van der Waals surface area contributed by atoms with Gasteiger partial charge in [0.05, 0.1) is 0 Å². The Morgan fingerprint density at radius 1 is 1.13 bits per heavy atom. The molecule has 0 heterocycles. The summed E-state index contributed by atoms with van der Waals surface area (Å²) in [6.07, 6.45) is 2.04. The predicted octanol–water partition coefficient (Wildman–Crippen LogP) is 1.68. The maximum Gasteiger partial charge on any atom is 0.320 e. The first-order chi connectivity index (χ1) is 13.6. The molecule has 0 saturated heterocycles. The smallest absolute Gasteiger partial charge is 0.320 e. The van der Waals surface area contributed by atoms with Crippen LogP contribution in [-0.2, 0) is 14.4 Å². The Morgan fingerprint density at radius 3 is 2.23 bits per heavy atom. The van der Waals surface area contributed by atoms with Crippen molar-refractivity contribution in [2.75, 3.05) is 32.9 Å². The molecule has 176 valence electrons. The molecule has 5 N–H and O–H groups in total. The summed E-state index contributed by atoms with van der Waals surface area (Å²) in [5.74, 6) is -1.29. The van der Waals surface area contributed by atoms with Gasteiger partial charge in [-0.1, -0.05) is 34.6 Å². The molecule has 9 heteroatoms. The van der Waals surface area contributed by atoms with Gasteiger partial charge in [0, 0.05) is 23.5 Å². The number of carboxylic acid groups (broad SMARTS) is 1. The molecule has 2 amide bonds. The minimum atomic E-state index is -1.14. The summed E-state index contributed by atoms with van der Waals surface area (Å²) in [5.41, 5.74) is 5.40. The number of rotatable bonds is 14. The van der Waals surface area contributed by atoms with Crippen LogP contribution in [0.25, 0.3) is 0 Å². The summed E-state index contributed by atoms with van der Waals surface area (Å²) >= 11 is 1.66. The van der Waals surface area contributed by atoms with E-state index in [4.69, 9.17) is 10.8 Å². The molecule has 2 atom stereocenters. The molecule has 0 aliphatic rings. The average Bonchev–Trinajstić information content (AvgIpc) is 2.59. The van der Waals surface area contributed by atoms with Crippen LogP contribution in [0.15, 0.2) is 0 Å². The summed E-state index contributed by atoms with van der Waals surface area (Å²) in [6, 6.07) is -1.77. The van der Waals surface area contributed by atoms with E-state index in [1.807, 2.05) is 34.9 Å². The third-order valence-electron chi connectivity index (χ3n) is 4.47. The Balaban J connectivity index is 4.91. The molecule has 0 aromatic carbocycles. The third-order valence-corrected chi connectivity index (χ3v) is 5.95. The Labute approximate surface area is 186 Å². The maximum absolute atomic E-state index is 12.7. The van der Waals surface area contributed by atoms with Crippen molar-refractivity contribution < 1.29 is 19.5 Å². The normalized spacial score (nSPS) is 14.3. The second-order valence-electron chi connectivity index (χ2n) is 9.86. The number of nitrogens with zero attached hydrogens (tertiary/aromatic N) is 1. The van der Waals surface area contributed by atoms with E-state index >= 15 is 0 Å². The van der Waals surface area contributed by atoms with Gasteiger partial charge in [-0.3, -0.25) is 14.4 Å². The highest BCUT2D eigenvalue weighted by atomic mass is 32.2. The highest BCUT2D eigenvalue weighted by Gasteiger charge is 2.27. The number of carbonyl (C=O) groups excluding carboxylic acids is 2. The van der Waals surface area contributed by atoms with Gasteiger partial charge in [0.15, 0.2) is 0 Å². The summed E-state index contributed by atoms with van der Waals surface area (Å²) in [4.78, 5) is 38.0. The minimum absolute atomic E-state index is 0.0284. The molecule has 8 nitrogen and oxygen atoms in total. The lowest BCUT2D eigenvalue weighted by Crippen LogP contribution is -2.50. The zero-order valence-electron chi connectivity index (χ0n) is 19.7. The molecule has 0 fully saturated rings. The lowest BCUT2D eigenvalue weighted by molar-refractivity contribution is -0.138. The van der Waals surface area contributed by atoms with Crippen LogP contribution in [-0.4, -0.2) is 77.6 Å². The maximum atomic E-state index is 12.7. The number of hydrogen-bond acceptors (Lipinski definition) is 6. The van der Waals surface area contributed by atoms with Crippen molar-refractivity contribution >= 4 is 29.5 Å². The van der Waals surface area contributed by atoms with E-state index in [9.17, 15) is 14.4 Å². The molecule has 0 aliphatic heterocycles. The molecule has 0 radical (unpaired) electrons. The molecule has 0 aromatic rings. The molecule has 0 aromatic heterocycles. The molecular weight excluding hydrogens is 404 g/mol. The minimum Gasteiger partial charge on any atom is -0.480 e. The fraction of sp³-hybridized carbons (Fsp3) is 0.857. The van der Waals surface area contributed by atoms with E-state index in [2.05, 4.69) is 29.4 Å². The number of thioether (sulfide) groups is 1. The first-order valence-electron chi connectivity index (χ1n) is 10.5. The summed E-state index contributed by atoms with van der Waals surface area (Å²) in [6.45, 7) is 11.9. The molecule has 2 unspecified atom stereocenters. The van der Waals surface area contributed by atoms with Crippen molar-refractivity contribution in [2.24, 2.45) is 11.1 Å². The summed E-state index contributed by atoms with van der Waals surface area (Å²) < 4.78 is -0.0328. The van der Waals surface area contributed by atoms with Crippen LogP contribution in [0.1, 0.15) is 60.3 Å². The van der Waals surface area contributed by atoms with E-state index in [1.54, 1.807) is 11.8 Å². The van der Waals surface area contributed by atoms with Gasteiger partial charge < -0.3 is 26.4 Å². The van der Waals surface area contributed by atoms with Crippen molar-refractivity contribution in [3.63, 3.8) is 0 Å². The molecule has 0 bridgehead atoms. The lowest BCUT2D eigenvalue weighted by atomic mass is 9.97. The van der Waals surface area contributed by atoms with Crippen molar-refractivity contribution in [3.8, 4) is 0 Å². The number of hydrogen-bond donors (Lipinski definition) is 4. The van der Waals surface area contributed by atoms with Crippen LogP contribution in [0.5, 0.6) is 0 Å². The molecule has 0 spiro atoms. The van der Waals surface area contributed by atoms with Crippen LogP contribution in [0.4, 0.5) is 0 Å². The Bertz CT molecular complexity index is 562. The second kappa shape index (κ2) is 13.2. The average molecular weight is 447 g/mol. The van der Waals surface area contributed by atoms with Crippen molar-refractivity contribution in [2.45, 2.75) is 77.1 Å². The molecule has 0 rings (SSSR count). The number of nitrogens with one attached hydrogen (secondary N) is 2. The highest BCUT2D eigenvalue weighted by molar-refractivity contribution is 8.00. The highest BCUT2D eigenvalue weighted by Crippen LogP contribution is 2.30. The number of aliphatic carboxylic acids is 1. The first-order valence-corrected chi connectivity index (χ1v) is 11.5. The second-order valence-corrected chi connectivity index (χ2v) is 11.6. The first kappa shape index (κ1) is 28.7. The SMILES string of the molecule is CN(C)CCCC(C)(C)SCC(NC(=O)CCC(N)C(=O)O)C(=O)NCC(C)(C)C. The van der Waals surface area contributed by atoms with Crippen LogP contribution >= 0.6 is 11.8 Å². The lowest BCUT2D eigenvalue weighted by Gasteiger charge is -2.28. The van der Waals surface area contributed by atoms with E-state index in [0.29, 0.717) is 12.3 Å². The molecule has 30 heavy (non-hydrogen) atoms. The standard InChI is InChI=1S/C21H42N4O4S/c1-20(2,3)14-23-18(27)16(24-17(26)10-9-15(22)19(28)29)13-30-21(4,5)11-8-12-25(6)7/h15-16H,8-14,22H2,1-7H3,(H,23,27)(H,24,26)(H,28,29). The Hall–Kier alpha value is -1.32. The van der Waals surface area contributed by atoms with Gasteiger partial charge in [-0.05, 0) is 45.3 Å². The molecular formula is C21H42N4O4S. The molecule has 0 saturated carbocycles. The van der Waals surface area contributed by atoms with Crippen molar-refractivity contribution in [1.29, 1.82) is 0 Å². The number of amides is 2. The van der Waals surface area contributed by atoms with Gasteiger partial charge in [-0.2, -0.15) is 11.8 Å².